The smallest absolute Gasteiger partial charge is 0.126 e. The number of anilines is 1. The Morgan fingerprint density at radius 1 is 1.00 bits per heavy atom. The van der Waals surface area contributed by atoms with Crippen LogP contribution in [0.5, 0.6) is 0 Å². The van der Waals surface area contributed by atoms with Crippen LogP contribution in [0.2, 0.25) is 0 Å². The van der Waals surface area contributed by atoms with Gasteiger partial charge in [0.1, 0.15) is 5.82 Å². The first-order chi connectivity index (χ1) is 7.75. The number of hydrogen-bond acceptors (Lipinski definition) is 2. The summed E-state index contributed by atoms with van der Waals surface area (Å²) < 4.78 is 0. The summed E-state index contributed by atoms with van der Waals surface area (Å²) in [5.74, 6) is 0.937. The Hall–Kier alpha value is -1.83. The second-order valence-corrected chi connectivity index (χ2v) is 3.94. The fourth-order valence-electron chi connectivity index (χ4n) is 1.52. The van der Waals surface area contributed by atoms with Gasteiger partial charge in [0.05, 0.1) is 0 Å². The zero-order chi connectivity index (χ0) is 11.4. The molecule has 16 heavy (non-hydrogen) atoms. The van der Waals surface area contributed by atoms with Crippen LogP contribution in [-0.4, -0.2) is 4.98 Å². The fraction of sp³-hybridized carbons (Fsp3) is 0.214. The molecule has 0 amide bonds. The summed E-state index contributed by atoms with van der Waals surface area (Å²) in [6.07, 6.45) is 0. The van der Waals surface area contributed by atoms with Crippen LogP contribution in [-0.2, 0) is 6.54 Å². The first kappa shape index (κ1) is 10.7. The second kappa shape index (κ2) is 4.79. The average molecular weight is 212 g/mol. The maximum atomic E-state index is 4.48. The van der Waals surface area contributed by atoms with Crippen molar-refractivity contribution in [2.45, 2.75) is 20.4 Å². The van der Waals surface area contributed by atoms with E-state index in [1.807, 2.05) is 31.2 Å². The maximum Gasteiger partial charge on any atom is 0.126 e. The molecule has 0 atom stereocenters. The first-order valence-corrected chi connectivity index (χ1v) is 5.48. The van der Waals surface area contributed by atoms with Crippen molar-refractivity contribution in [2.24, 2.45) is 0 Å². The number of pyridine rings is 1. The Balaban J connectivity index is 2.03. The van der Waals surface area contributed by atoms with Crippen LogP contribution in [0.15, 0.2) is 42.5 Å². The third-order valence-electron chi connectivity index (χ3n) is 2.67. The van der Waals surface area contributed by atoms with Crippen molar-refractivity contribution in [1.82, 2.24) is 4.98 Å². The van der Waals surface area contributed by atoms with Crippen LogP contribution in [0, 0.1) is 13.8 Å². The van der Waals surface area contributed by atoms with E-state index in [1.165, 1.54) is 11.1 Å². The second-order valence-electron chi connectivity index (χ2n) is 3.94. The normalized spacial score (nSPS) is 10.1. The van der Waals surface area contributed by atoms with Crippen molar-refractivity contribution >= 4 is 5.82 Å². The Morgan fingerprint density at radius 3 is 2.44 bits per heavy atom. The van der Waals surface area contributed by atoms with Gasteiger partial charge in [0, 0.05) is 12.2 Å². The van der Waals surface area contributed by atoms with E-state index in [9.17, 15) is 0 Å². The van der Waals surface area contributed by atoms with E-state index in [1.54, 1.807) is 0 Å². The van der Waals surface area contributed by atoms with Crippen molar-refractivity contribution in [3.8, 4) is 0 Å². The Morgan fingerprint density at radius 2 is 1.75 bits per heavy atom. The van der Waals surface area contributed by atoms with Crippen molar-refractivity contribution < 1.29 is 0 Å². The number of benzene rings is 1. The largest absolute Gasteiger partial charge is 0.366 e. The van der Waals surface area contributed by atoms with Gasteiger partial charge in [-0.1, -0.05) is 36.4 Å². The van der Waals surface area contributed by atoms with E-state index in [0.717, 1.165) is 18.1 Å². The van der Waals surface area contributed by atoms with Gasteiger partial charge in [0.15, 0.2) is 0 Å². The first-order valence-electron chi connectivity index (χ1n) is 5.48. The lowest BCUT2D eigenvalue weighted by atomic mass is 10.2. The van der Waals surface area contributed by atoms with Gasteiger partial charge < -0.3 is 5.32 Å². The lowest BCUT2D eigenvalue weighted by molar-refractivity contribution is 1.07. The van der Waals surface area contributed by atoms with E-state index >= 15 is 0 Å². The highest BCUT2D eigenvalue weighted by atomic mass is 15.0. The number of aryl methyl sites for hydroxylation is 2. The highest BCUT2D eigenvalue weighted by Gasteiger charge is 1.97. The van der Waals surface area contributed by atoms with Gasteiger partial charge in [-0.15, -0.1) is 0 Å². The Labute approximate surface area is 96.4 Å². The van der Waals surface area contributed by atoms with E-state index < -0.39 is 0 Å². The van der Waals surface area contributed by atoms with Crippen LogP contribution in [0.4, 0.5) is 5.82 Å². The minimum atomic E-state index is 0.816. The molecule has 0 spiro atoms. The lowest BCUT2D eigenvalue weighted by Crippen LogP contribution is -2.02. The highest BCUT2D eigenvalue weighted by Crippen LogP contribution is 2.10. The van der Waals surface area contributed by atoms with Crippen LogP contribution >= 0.6 is 0 Å². The summed E-state index contributed by atoms with van der Waals surface area (Å²) >= 11 is 0. The number of nitrogens with zero attached hydrogens (tertiary/aromatic N) is 1. The van der Waals surface area contributed by atoms with Gasteiger partial charge in [-0.2, -0.15) is 0 Å². The lowest BCUT2D eigenvalue weighted by Gasteiger charge is -2.07. The number of rotatable bonds is 3. The van der Waals surface area contributed by atoms with Crippen molar-refractivity contribution in [3.63, 3.8) is 0 Å². The Bertz CT molecular complexity index is 463. The molecule has 2 aromatic rings. The fourth-order valence-corrected chi connectivity index (χ4v) is 1.52. The maximum absolute atomic E-state index is 4.48. The zero-order valence-corrected chi connectivity index (χ0v) is 9.70. The van der Waals surface area contributed by atoms with Crippen LogP contribution in [0.1, 0.15) is 16.8 Å². The van der Waals surface area contributed by atoms with Gasteiger partial charge in [-0.25, -0.2) is 4.98 Å². The summed E-state index contributed by atoms with van der Waals surface area (Å²) in [6.45, 7) is 4.92. The van der Waals surface area contributed by atoms with Crippen LogP contribution in [0.25, 0.3) is 0 Å². The number of hydrogen-bond donors (Lipinski definition) is 1. The molecule has 0 bridgehead atoms. The molecule has 0 aliphatic rings. The molecule has 1 heterocycles. The topological polar surface area (TPSA) is 24.9 Å². The molecule has 0 aliphatic carbocycles. The SMILES string of the molecule is Cc1ccc(NCc2ccccc2)nc1C. The van der Waals surface area contributed by atoms with E-state index in [0.29, 0.717) is 0 Å². The summed E-state index contributed by atoms with van der Waals surface area (Å²) in [5.41, 5.74) is 3.57. The van der Waals surface area contributed by atoms with Gasteiger partial charge >= 0.3 is 0 Å². The zero-order valence-electron chi connectivity index (χ0n) is 9.70. The third-order valence-corrected chi connectivity index (χ3v) is 2.67. The predicted molar refractivity (Wildman–Crippen MR) is 67.5 cm³/mol. The molecule has 2 nitrogen and oxygen atoms in total. The van der Waals surface area contributed by atoms with Crippen molar-refractivity contribution in [2.75, 3.05) is 5.32 Å². The summed E-state index contributed by atoms with van der Waals surface area (Å²) in [5, 5.41) is 3.32. The monoisotopic (exact) mass is 212 g/mol. The molecule has 0 radical (unpaired) electrons. The molecule has 0 unspecified atom stereocenters. The standard InChI is InChI=1S/C14H16N2/c1-11-8-9-14(16-12(11)2)15-10-13-6-4-3-5-7-13/h3-9H,10H2,1-2H3,(H,15,16). The highest BCUT2D eigenvalue weighted by molar-refractivity contribution is 5.38. The van der Waals surface area contributed by atoms with E-state index in [-0.39, 0.29) is 0 Å². The summed E-state index contributed by atoms with van der Waals surface area (Å²) in [4.78, 5) is 4.48. The van der Waals surface area contributed by atoms with Gasteiger partial charge in [-0.05, 0) is 31.0 Å². The molecule has 0 saturated carbocycles. The molecule has 0 fully saturated rings. The number of aromatic nitrogens is 1. The van der Waals surface area contributed by atoms with E-state index in [4.69, 9.17) is 0 Å². The molecular formula is C14H16N2. The van der Waals surface area contributed by atoms with E-state index in [2.05, 4.69) is 35.4 Å². The molecule has 1 aromatic carbocycles. The molecule has 2 rings (SSSR count). The molecular weight excluding hydrogens is 196 g/mol. The van der Waals surface area contributed by atoms with Crippen LogP contribution in [0.3, 0.4) is 0 Å². The Kier molecular flexibility index (Phi) is 3.20. The average Bonchev–Trinajstić information content (AvgIpc) is 2.32. The predicted octanol–water partition coefficient (Wildman–Crippen LogP) is 3.31. The molecule has 1 aromatic heterocycles. The van der Waals surface area contributed by atoms with Crippen molar-refractivity contribution in [3.05, 3.63) is 59.3 Å². The van der Waals surface area contributed by atoms with Gasteiger partial charge in [0.25, 0.3) is 0 Å². The third kappa shape index (κ3) is 2.60. The summed E-state index contributed by atoms with van der Waals surface area (Å²) in [6, 6.07) is 14.4. The van der Waals surface area contributed by atoms with Gasteiger partial charge in [-0.3, -0.25) is 0 Å². The van der Waals surface area contributed by atoms with Gasteiger partial charge in [0.2, 0.25) is 0 Å². The number of nitrogens with one attached hydrogen (secondary N) is 1. The molecule has 0 saturated heterocycles. The molecule has 1 N–H and O–H groups in total. The molecule has 2 heteroatoms. The molecule has 0 aliphatic heterocycles. The minimum absolute atomic E-state index is 0.816. The van der Waals surface area contributed by atoms with Crippen molar-refractivity contribution in [1.29, 1.82) is 0 Å². The quantitative estimate of drug-likeness (QED) is 0.844. The van der Waals surface area contributed by atoms with Crippen LogP contribution < -0.4 is 5.32 Å². The summed E-state index contributed by atoms with van der Waals surface area (Å²) in [7, 11) is 0. The molecule has 82 valence electrons. The minimum Gasteiger partial charge on any atom is -0.366 e.